The molecule has 0 aliphatic heterocycles. The van der Waals surface area contributed by atoms with Gasteiger partial charge in [-0.25, -0.2) is 4.39 Å². The molecule has 3 aromatic carbocycles. The second-order valence-electron chi connectivity index (χ2n) is 7.07. The van der Waals surface area contributed by atoms with E-state index in [2.05, 4.69) is 5.32 Å². The molecule has 0 aliphatic rings. The number of Topliss-reactive ketones (excluding diaryl/α,β-unsaturated/α-hetero) is 1. The topological polar surface area (TPSA) is 72.5 Å². The maximum Gasteiger partial charge on any atom is 0.258 e. The normalized spacial score (nSPS) is 11.4. The number of carbonyl (C=O) groups excluding carboxylic acids is 3. The fraction of sp³-hybridized carbons (Fsp3) is 0.160. The first kappa shape index (κ1) is 21.9. The maximum atomic E-state index is 13.0. The van der Waals surface area contributed by atoms with Gasteiger partial charge in [0.25, 0.3) is 5.91 Å². The first-order chi connectivity index (χ1) is 14.9. The second kappa shape index (κ2) is 10.3. The number of ether oxygens (including phenoxy) is 1. The molecule has 0 spiro atoms. The van der Waals surface area contributed by atoms with Gasteiger partial charge in [-0.2, -0.15) is 0 Å². The fourth-order valence-corrected chi connectivity index (χ4v) is 3.00. The Hall–Kier alpha value is -3.80. The van der Waals surface area contributed by atoms with E-state index in [0.29, 0.717) is 23.3 Å². The minimum Gasteiger partial charge on any atom is -0.484 e. The molecule has 1 amide bonds. The molecule has 0 heterocycles. The van der Waals surface area contributed by atoms with Crippen molar-refractivity contribution in [1.82, 2.24) is 5.32 Å². The van der Waals surface area contributed by atoms with Crippen LogP contribution in [0.5, 0.6) is 5.75 Å². The number of halogens is 1. The highest BCUT2D eigenvalue weighted by molar-refractivity contribution is 6.09. The fourth-order valence-electron chi connectivity index (χ4n) is 3.00. The second-order valence-corrected chi connectivity index (χ2v) is 7.07. The summed E-state index contributed by atoms with van der Waals surface area (Å²) in [6.07, 6.45) is 0.405. The molecular weight excluding hydrogens is 397 g/mol. The van der Waals surface area contributed by atoms with Crippen molar-refractivity contribution in [3.05, 3.63) is 101 Å². The Kier molecular flexibility index (Phi) is 7.27. The number of benzene rings is 3. The molecule has 158 valence electrons. The van der Waals surface area contributed by atoms with E-state index >= 15 is 0 Å². The van der Waals surface area contributed by atoms with Gasteiger partial charge >= 0.3 is 0 Å². The molecule has 0 saturated carbocycles. The molecule has 0 radical (unpaired) electrons. The first-order valence-corrected chi connectivity index (χ1v) is 9.79. The van der Waals surface area contributed by atoms with Crippen molar-refractivity contribution in [2.24, 2.45) is 0 Å². The predicted molar refractivity (Wildman–Crippen MR) is 115 cm³/mol. The van der Waals surface area contributed by atoms with E-state index in [4.69, 9.17) is 4.74 Å². The van der Waals surface area contributed by atoms with Crippen molar-refractivity contribution in [1.29, 1.82) is 0 Å². The standard InChI is InChI=1S/C25H22FNO4/c1-17(28)23(15-18-5-3-2-4-6-18)27-24(29)16-31-22-13-9-20(10-14-22)25(30)19-7-11-21(26)12-8-19/h2-14,23H,15-16H2,1H3,(H,27,29). The van der Waals surface area contributed by atoms with Crippen LogP contribution >= 0.6 is 0 Å². The summed E-state index contributed by atoms with van der Waals surface area (Å²) in [5.41, 5.74) is 1.75. The number of rotatable bonds is 9. The van der Waals surface area contributed by atoms with Crippen LogP contribution in [-0.4, -0.2) is 30.1 Å². The van der Waals surface area contributed by atoms with Gasteiger partial charge in [-0.15, -0.1) is 0 Å². The summed E-state index contributed by atoms with van der Waals surface area (Å²) in [5.74, 6) is -0.791. The molecule has 5 nitrogen and oxygen atoms in total. The zero-order valence-corrected chi connectivity index (χ0v) is 17.0. The van der Waals surface area contributed by atoms with Gasteiger partial charge < -0.3 is 10.1 Å². The number of amides is 1. The molecule has 0 bridgehead atoms. The van der Waals surface area contributed by atoms with Crippen LogP contribution < -0.4 is 10.1 Å². The number of ketones is 2. The van der Waals surface area contributed by atoms with Crippen LogP contribution in [0.25, 0.3) is 0 Å². The molecule has 3 rings (SSSR count). The van der Waals surface area contributed by atoms with E-state index in [1.807, 2.05) is 30.3 Å². The SMILES string of the molecule is CC(=O)C(Cc1ccccc1)NC(=O)COc1ccc(C(=O)c2ccc(F)cc2)cc1. The van der Waals surface area contributed by atoms with Crippen molar-refractivity contribution in [2.75, 3.05) is 6.61 Å². The van der Waals surface area contributed by atoms with E-state index in [9.17, 15) is 18.8 Å². The van der Waals surface area contributed by atoms with Gasteiger partial charge in [0.05, 0.1) is 6.04 Å². The van der Waals surface area contributed by atoms with Crippen molar-refractivity contribution in [3.8, 4) is 5.75 Å². The van der Waals surface area contributed by atoms with Crippen LogP contribution in [0, 0.1) is 5.82 Å². The van der Waals surface area contributed by atoms with Gasteiger partial charge in [-0.3, -0.25) is 14.4 Å². The lowest BCUT2D eigenvalue weighted by Gasteiger charge is -2.16. The highest BCUT2D eigenvalue weighted by Gasteiger charge is 2.18. The number of hydrogen-bond donors (Lipinski definition) is 1. The lowest BCUT2D eigenvalue weighted by Crippen LogP contribution is -2.43. The zero-order chi connectivity index (χ0) is 22.2. The van der Waals surface area contributed by atoms with Crippen LogP contribution in [0.3, 0.4) is 0 Å². The van der Waals surface area contributed by atoms with Gasteiger partial charge in [0.1, 0.15) is 11.6 Å². The lowest BCUT2D eigenvalue weighted by molar-refractivity contribution is -0.128. The van der Waals surface area contributed by atoms with Crippen LogP contribution in [0.2, 0.25) is 0 Å². The summed E-state index contributed by atoms with van der Waals surface area (Å²) in [5, 5.41) is 2.69. The molecule has 31 heavy (non-hydrogen) atoms. The van der Waals surface area contributed by atoms with Crippen LogP contribution in [0.4, 0.5) is 4.39 Å². The molecule has 6 heteroatoms. The summed E-state index contributed by atoms with van der Waals surface area (Å²) < 4.78 is 18.5. The van der Waals surface area contributed by atoms with Crippen LogP contribution in [0.1, 0.15) is 28.4 Å². The highest BCUT2D eigenvalue weighted by atomic mass is 19.1. The first-order valence-electron chi connectivity index (χ1n) is 9.79. The predicted octanol–water partition coefficient (Wildman–Crippen LogP) is 3.75. The molecule has 1 N–H and O–H groups in total. The molecule has 3 aromatic rings. The smallest absolute Gasteiger partial charge is 0.258 e. The summed E-state index contributed by atoms with van der Waals surface area (Å²) >= 11 is 0. The number of hydrogen-bond acceptors (Lipinski definition) is 4. The van der Waals surface area contributed by atoms with Gasteiger partial charge in [-0.05, 0) is 67.4 Å². The van der Waals surface area contributed by atoms with Crippen molar-refractivity contribution >= 4 is 17.5 Å². The summed E-state index contributed by atoms with van der Waals surface area (Å²) in [7, 11) is 0. The maximum absolute atomic E-state index is 13.0. The van der Waals surface area contributed by atoms with Crippen molar-refractivity contribution in [3.63, 3.8) is 0 Å². The van der Waals surface area contributed by atoms with Gasteiger partial charge in [0.15, 0.2) is 18.2 Å². The van der Waals surface area contributed by atoms with E-state index < -0.39 is 17.8 Å². The molecule has 0 aromatic heterocycles. The summed E-state index contributed by atoms with van der Waals surface area (Å²) in [4.78, 5) is 36.5. The zero-order valence-electron chi connectivity index (χ0n) is 17.0. The molecule has 1 atom stereocenters. The summed E-state index contributed by atoms with van der Waals surface area (Å²) in [6.45, 7) is 1.18. The quantitative estimate of drug-likeness (QED) is 0.536. The Morgan fingerprint density at radius 2 is 1.45 bits per heavy atom. The van der Waals surface area contributed by atoms with Gasteiger partial charge in [0.2, 0.25) is 0 Å². The average Bonchev–Trinajstić information content (AvgIpc) is 2.78. The molecule has 1 unspecified atom stereocenters. The van der Waals surface area contributed by atoms with Crippen LogP contribution in [-0.2, 0) is 16.0 Å². The molecular formula is C25H22FNO4. The molecule has 0 fully saturated rings. The van der Waals surface area contributed by atoms with E-state index in [-0.39, 0.29) is 18.2 Å². The molecule has 0 aliphatic carbocycles. The Labute approximate surface area is 179 Å². The lowest BCUT2D eigenvalue weighted by atomic mass is 10.0. The van der Waals surface area contributed by atoms with Crippen LogP contribution in [0.15, 0.2) is 78.9 Å². The minimum atomic E-state index is -0.630. The van der Waals surface area contributed by atoms with Gasteiger partial charge in [0, 0.05) is 11.1 Å². The molecule has 0 saturated heterocycles. The Bertz CT molecular complexity index is 1050. The Morgan fingerprint density at radius 3 is 2.03 bits per heavy atom. The average molecular weight is 419 g/mol. The third-order valence-electron chi connectivity index (χ3n) is 4.70. The monoisotopic (exact) mass is 419 g/mol. The minimum absolute atomic E-state index is 0.138. The Balaban J connectivity index is 1.54. The third-order valence-corrected chi connectivity index (χ3v) is 4.70. The Morgan fingerprint density at radius 1 is 0.871 bits per heavy atom. The van der Waals surface area contributed by atoms with Crippen molar-refractivity contribution in [2.45, 2.75) is 19.4 Å². The van der Waals surface area contributed by atoms with E-state index in [1.165, 1.54) is 31.2 Å². The van der Waals surface area contributed by atoms with E-state index in [0.717, 1.165) is 5.56 Å². The van der Waals surface area contributed by atoms with Gasteiger partial charge in [-0.1, -0.05) is 30.3 Å². The van der Waals surface area contributed by atoms with Crippen molar-refractivity contribution < 1.29 is 23.5 Å². The largest absolute Gasteiger partial charge is 0.484 e. The third kappa shape index (κ3) is 6.34. The summed E-state index contributed by atoms with van der Waals surface area (Å²) in [6, 6.07) is 20.4. The van der Waals surface area contributed by atoms with E-state index in [1.54, 1.807) is 24.3 Å². The highest BCUT2D eigenvalue weighted by Crippen LogP contribution is 2.16. The number of carbonyl (C=O) groups is 3. The number of nitrogens with one attached hydrogen (secondary N) is 1.